The molecule has 1 amide bonds. The maximum atomic E-state index is 12.8. The topological polar surface area (TPSA) is 101 Å². The summed E-state index contributed by atoms with van der Waals surface area (Å²) in [5.74, 6) is 0.408. The van der Waals surface area contributed by atoms with Crippen molar-refractivity contribution in [3.05, 3.63) is 71.1 Å². The number of carbonyl (C=O) groups is 1. The number of para-hydroxylation sites is 1. The summed E-state index contributed by atoms with van der Waals surface area (Å²) in [4.78, 5) is 18.5. The van der Waals surface area contributed by atoms with E-state index in [4.69, 9.17) is 10.5 Å². The minimum absolute atomic E-state index is 0.362. The van der Waals surface area contributed by atoms with Gasteiger partial charge in [0.2, 0.25) is 0 Å². The van der Waals surface area contributed by atoms with Crippen molar-refractivity contribution in [1.29, 1.82) is 5.26 Å². The Morgan fingerprint density at radius 2 is 1.90 bits per heavy atom. The summed E-state index contributed by atoms with van der Waals surface area (Å²) < 4.78 is 5.19. The van der Waals surface area contributed by atoms with Gasteiger partial charge in [0.05, 0.1) is 29.7 Å². The van der Waals surface area contributed by atoms with Crippen LogP contribution in [0.25, 0.3) is 21.5 Å². The number of nitrogen functional groups attached to an aromatic ring is 1. The van der Waals surface area contributed by atoms with Gasteiger partial charge in [-0.2, -0.15) is 5.26 Å². The van der Waals surface area contributed by atoms with E-state index in [1.54, 1.807) is 31.4 Å². The van der Waals surface area contributed by atoms with E-state index in [0.29, 0.717) is 26.6 Å². The lowest BCUT2D eigenvalue weighted by Gasteiger charge is -2.05. The first-order valence-corrected chi connectivity index (χ1v) is 9.56. The highest BCUT2D eigenvalue weighted by Crippen LogP contribution is 2.35. The average molecular weight is 400 g/mol. The monoisotopic (exact) mass is 400 g/mol. The average Bonchev–Trinajstić information content (AvgIpc) is 3.10. The maximum absolute atomic E-state index is 12.8. The second-order valence-electron chi connectivity index (χ2n) is 6.23. The number of carbonyl (C=O) groups excluding carboxylic acids is 1. The van der Waals surface area contributed by atoms with E-state index < -0.39 is 0 Å². The van der Waals surface area contributed by atoms with Gasteiger partial charge in [-0.3, -0.25) is 4.79 Å². The molecule has 0 saturated carbocycles. The molecular weight excluding hydrogens is 384 g/mol. The third kappa shape index (κ3) is 3.49. The van der Waals surface area contributed by atoms with Crippen LogP contribution in [-0.2, 0) is 0 Å². The van der Waals surface area contributed by atoms with Gasteiger partial charge in [0.15, 0.2) is 0 Å². The van der Waals surface area contributed by atoms with E-state index in [9.17, 15) is 10.1 Å². The van der Waals surface area contributed by atoms with Crippen LogP contribution in [0.2, 0.25) is 0 Å². The number of benzene rings is 2. The van der Waals surface area contributed by atoms with Crippen LogP contribution in [0.1, 0.15) is 15.2 Å². The van der Waals surface area contributed by atoms with E-state index in [-0.39, 0.29) is 5.91 Å². The number of nitrogens with two attached hydrogens (primary N) is 1. The predicted molar refractivity (Wildman–Crippen MR) is 115 cm³/mol. The molecular formula is C22H16N4O2S. The number of nitrogens with one attached hydrogen (secondary N) is 1. The molecule has 0 fully saturated rings. The molecule has 0 bridgehead atoms. The molecule has 0 aliphatic carbocycles. The number of nitrogens with zero attached hydrogens (tertiary/aromatic N) is 2. The lowest BCUT2D eigenvalue weighted by atomic mass is 10.1. The number of nitriles is 1. The Labute approximate surface area is 171 Å². The Kier molecular flexibility index (Phi) is 4.85. The zero-order valence-corrected chi connectivity index (χ0v) is 16.3. The van der Waals surface area contributed by atoms with Gasteiger partial charge in [-0.15, -0.1) is 11.3 Å². The molecule has 2 heterocycles. The quantitative estimate of drug-likeness (QED) is 0.518. The van der Waals surface area contributed by atoms with Crippen LogP contribution in [0.3, 0.4) is 0 Å². The van der Waals surface area contributed by atoms with Crippen molar-refractivity contribution in [2.45, 2.75) is 0 Å². The molecule has 0 saturated heterocycles. The minimum Gasteiger partial charge on any atom is -0.497 e. The lowest BCUT2D eigenvalue weighted by molar-refractivity contribution is 0.103. The Morgan fingerprint density at radius 3 is 2.62 bits per heavy atom. The first-order valence-electron chi connectivity index (χ1n) is 8.74. The fraction of sp³-hybridized carbons (Fsp3) is 0.0455. The Bertz CT molecular complexity index is 1260. The minimum atomic E-state index is -0.362. The van der Waals surface area contributed by atoms with E-state index in [0.717, 1.165) is 22.4 Å². The number of rotatable bonds is 4. The molecule has 3 N–H and O–H groups in total. The van der Waals surface area contributed by atoms with Crippen molar-refractivity contribution in [1.82, 2.24) is 4.98 Å². The summed E-state index contributed by atoms with van der Waals surface area (Å²) in [5, 5.41) is 12.7. The number of hydrogen-bond acceptors (Lipinski definition) is 6. The number of aromatic nitrogens is 1. The summed E-state index contributed by atoms with van der Waals surface area (Å²) in [7, 11) is 1.62. The molecule has 0 aliphatic rings. The van der Waals surface area contributed by atoms with E-state index >= 15 is 0 Å². The number of methoxy groups -OCH3 is 1. The molecule has 0 radical (unpaired) electrons. The zero-order valence-electron chi connectivity index (χ0n) is 15.5. The van der Waals surface area contributed by atoms with Gasteiger partial charge in [0.25, 0.3) is 5.91 Å². The summed E-state index contributed by atoms with van der Waals surface area (Å²) >= 11 is 1.23. The van der Waals surface area contributed by atoms with Crippen molar-refractivity contribution in [2.24, 2.45) is 0 Å². The summed E-state index contributed by atoms with van der Waals surface area (Å²) in [6.45, 7) is 0. The number of ether oxygens (including phenoxy) is 1. The van der Waals surface area contributed by atoms with Crippen molar-refractivity contribution >= 4 is 38.8 Å². The molecule has 2 aromatic heterocycles. The summed E-state index contributed by atoms with van der Waals surface area (Å²) in [5.41, 5.74) is 9.16. The van der Waals surface area contributed by atoms with Crippen LogP contribution in [0, 0.1) is 11.3 Å². The molecule has 4 aromatic rings. The zero-order chi connectivity index (χ0) is 20.4. The number of hydrogen-bond donors (Lipinski definition) is 2. The molecule has 7 heteroatoms. The van der Waals surface area contributed by atoms with Gasteiger partial charge in [-0.05, 0) is 48.5 Å². The molecule has 0 aliphatic heterocycles. The first kappa shape index (κ1) is 18.5. The van der Waals surface area contributed by atoms with E-state index in [2.05, 4.69) is 16.4 Å². The number of thiophene rings is 1. The Morgan fingerprint density at radius 1 is 1.14 bits per heavy atom. The fourth-order valence-corrected chi connectivity index (χ4v) is 3.95. The molecule has 142 valence electrons. The van der Waals surface area contributed by atoms with Crippen LogP contribution >= 0.6 is 11.3 Å². The van der Waals surface area contributed by atoms with Crippen LogP contribution in [0.15, 0.2) is 60.7 Å². The molecule has 0 atom stereocenters. The van der Waals surface area contributed by atoms with Crippen molar-refractivity contribution in [3.8, 4) is 23.1 Å². The molecule has 6 nitrogen and oxygen atoms in total. The van der Waals surface area contributed by atoms with E-state index in [1.165, 1.54) is 11.3 Å². The SMILES string of the molecule is COc1ccc(-c2ccc3c(N)c(C(=O)Nc4ccccc4C#N)sc3n2)cc1. The predicted octanol–water partition coefficient (Wildman–Crippen LogP) is 4.68. The summed E-state index contributed by atoms with van der Waals surface area (Å²) in [6, 6.07) is 20.2. The highest BCUT2D eigenvalue weighted by molar-refractivity contribution is 7.21. The van der Waals surface area contributed by atoms with Gasteiger partial charge in [-0.25, -0.2) is 4.98 Å². The maximum Gasteiger partial charge on any atom is 0.267 e. The molecule has 2 aromatic carbocycles. The van der Waals surface area contributed by atoms with Crippen LogP contribution < -0.4 is 15.8 Å². The lowest BCUT2D eigenvalue weighted by Crippen LogP contribution is -2.12. The highest BCUT2D eigenvalue weighted by atomic mass is 32.1. The molecule has 0 unspecified atom stereocenters. The third-order valence-corrected chi connectivity index (χ3v) is 5.60. The van der Waals surface area contributed by atoms with Gasteiger partial charge in [-0.1, -0.05) is 12.1 Å². The number of pyridine rings is 1. The standard InChI is InChI=1S/C22H16N4O2S/c1-28-15-8-6-13(7-9-15)18-11-10-16-19(24)20(29-22(16)26-18)21(27)25-17-5-3-2-4-14(17)12-23/h2-11H,24H2,1H3,(H,25,27). The number of amides is 1. The fourth-order valence-electron chi connectivity index (χ4n) is 2.96. The third-order valence-electron chi connectivity index (χ3n) is 4.48. The second kappa shape index (κ2) is 7.62. The van der Waals surface area contributed by atoms with Gasteiger partial charge < -0.3 is 15.8 Å². The first-order chi connectivity index (χ1) is 14.1. The molecule has 4 rings (SSSR count). The Hall–Kier alpha value is -3.89. The van der Waals surface area contributed by atoms with Gasteiger partial charge in [0, 0.05) is 10.9 Å². The molecule has 0 spiro atoms. The van der Waals surface area contributed by atoms with Crippen LogP contribution in [-0.4, -0.2) is 18.0 Å². The largest absolute Gasteiger partial charge is 0.497 e. The second-order valence-corrected chi connectivity index (χ2v) is 7.23. The highest BCUT2D eigenvalue weighted by Gasteiger charge is 2.19. The van der Waals surface area contributed by atoms with Gasteiger partial charge in [0.1, 0.15) is 21.5 Å². The van der Waals surface area contributed by atoms with Crippen LogP contribution in [0.4, 0.5) is 11.4 Å². The van der Waals surface area contributed by atoms with Crippen molar-refractivity contribution < 1.29 is 9.53 Å². The summed E-state index contributed by atoms with van der Waals surface area (Å²) in [6.07, 6.45) is 0. The smallest absolute Gasteiger partial charge is 0.267 e. The molecule has 29 heavy (non-hydrogen) atoms. The van der Waals surface area contributed by atoms with Crippen molar-refractivity contribution in [3.63, 3.8) is 0 Å². The normalized spacial score (nSPS) is 10.5. The van der Waals surface area contributed by atoms with Crippen LogP contribution in [0.5, 0.6) is 5.75 Å². The number of anilines is 2. The Balaban J connectivity index is 1.68. The van der Waals surface area contributed by atoms with E-state index in [1.807, 2.05) is 36.4 Å². The van der Waals surface area contributed by atoms with Crippen molar-refractivity contribution in [2.75, 3.05) is 18.2 Å². The number of fused-ring (bicyclic) bond motifs is 1. The van der Waals surface area contributed by atoms with Gasteiger partial charge >= 0.3 is 0 Å².